The Morgan fingerprint density at radius 3 is 2.43 bits per heavy atom. The molecule has 2 aromatic rings. The maximum atomic E-state index is 12.4. The first-order valence-electron chi connectivity index (χ1n) is 7.14. The Morgan fingerprint density at radius 1 is 1.09 bits per heavy atom. The Balaban J connectivity index is 2.31. The van der Waals surface area contributed by atoms with Gasteiger partial charge in [-0.25, -0.2) is 8.42 Å². The van der Waals surface area contributed by atoms with Crippen LogP contribution in [0.2, 0.25) is 0 Å². The maximum absolute atomic E-state index is 12.4. The van der Waals surface area contributed by atoms with E-state index in [0.29, 0.717) is 11.3 Å². The quantitative estimate of drug-likeness (QED) is 0.833. The molecule has 0 spiro atoms. The molecule has 6 heteroatoms. The van der Waals surface area contributed by atoms with Crippen molar-refractivity contribution in [3.63, 3.8) is 0 Å². The van der Waals surface area contributed by atoms with Gasteiger partial charge in [0.05, 0.1) is 15.8 Å². The lowest BCUT2D eigenvalue weighted by Crippen LogP contribution is -2.16. The second kappa shape index (κ2) is 7.19. The molecule has 0 aromatic heterocycles. The molecule has 122 valence electrons. The second-order valence-corrected chi connectivity index (χ2v) is 8.63. The number of rotatable bonds is 5. The van der Waals surface area contributed by atoms with E-state index in [0.717, 1.165) is 4.90 Å². The van der Waals surface area contributed by atoms with Crippen molar-refractivity contribution in [2.45, 2.75) is 28.9 Å². The molecule has 0 unspecified atom stereocenters. The zero-order valence-corrected chi connectivity index (χ0v) is 14.9. The van der Waals surface area contributed by atoms with Gasteiger partial charge in [0, 0.05) is 10.5 Å². The van der Waals surface area contributed by atoms with Gasteiger partial charge in [-0.2, -0.15) is 0 Å². The predicted molar refractivity (Wildman–Crippen MR) is 94.9 cm³/mol. The lowest BCUT2D eigenvalue weighted by atomic mass is 10.2. The number of amides is 1. The SMILES string of the molecule is CSc1ccccc1NC(=O)c1cccc(S(=O)(=O)C(C)C)c1. The van der Waals surface area contributed by atoms with Crippen LogP contribution in [0.25, 0.3) is 0 Å². The highest BCUT2D eigenvalue weighted by molar-refractivity contribution is 7.98. The van der Waals surface area contributed by atoms with Crippen LogP contribution in [0.5, 0.6) is 0 Å². The topological polar surface area (TPSA) is 63.2 Å². The van der Waals surface area contributed by atoms with E-state index in [1.54, 1.807) is 26.0 Å². The average Bonchev–Trinajstić information content (AvgIpc) is 2.55. The number of carbonyl (C=O) groups is 1. The van der Waals surface area contributed by atoms with Crippen LogP contribution in [0.15, 0.2) is 58.3 Å². The van der Waals surface area contributed by atoms with Gasteiger partial charge >= 0.3 is 0 Å². The minimum atomic E-state index is -3.40. The highest BCUT2D eigenvalue weighted by atomic mass is 32.2. The normalized spacial score (nSPS) is 11.5. The summed E-state index contributed by atoms with van der Waals surface area (Å²) in [5.41, 5.74) is 1.03. The van der Waals surface area contributed by atoms with E-state index in [9.17, 15) is 13.2 Å². The summed E-state index contributed by atoms with van der Waals surface area (Å²) >= 11 is 1.53. The van der Waals surface area contributed by atoms with Gasteiger partial charge in [-0.1, -0.05) is 18.2 Å². The highest BCUT2D eigenvalue weighted by Crippen LogP contribution is 2.25. The van der Waals surface area contributed by atoms with Crippen molar-refractivity contribution < 1.29 is 13.2 Å². The standard InChI is InChI=1S/C17H19NO3S2/c1-12(2)23(20,21)14-8-6-7-13(11-14)17(19)18-15-9-4-5-10-16(15)22-3/h4-12H,1-3H3,(H,18,19). The molecule has 2 aromatic carbocycles. The third kappa shape index (κ3) is 3.95. The fraction of sp³-hybridized carbons (Fsp3) is 0.235. The van der Waals surface area contributed by atoms with Crippen LogP contribution in [0.4, 0.5) is 5.69 Å². The van der Waals surface area contributed by atoms with E-state index < -0.39 is 15.1 Å². The second-order valence-electron chi connectivity index (χ2n) is 5.28. The summed E-state index contributed by atoms with van der Waals surface area (Å²) in [6.07, 6.45) is 1.93. The van der Waals surface area contributed by atoms with Gasteiger partial charge in [0.2, 0.25) is 0 Å². The van der Waals surface area contributed by atoms with E-state index in [1.807, 2.05) is 30.5 Å². The molecule has 1 amide bonds. The van der Waals surface area contributed by atoms with Gasteiger partial charge in [0.25, 0.3) is 5.91 Å². The van der Waals surface area contributed by atoms with E-state index in [-0.39, 0.29) is 10.8 Å². The molecule has 4 nitrogen and oxygen atoms in total. The molecule has 0 fully saturated rings. The Labute approximate surface area is 141 Å². The Bertz CT molecular complexity index is 814. The van der Waals surface area contributed by atoms with Crippen LogP contribution in [-0.2, 0) is 9.84 Å². The molecule has 0 heterocycles. The number of benzene rings is 2. The molecule has 0 radical (unpaired) electrons. The van der Waals surface area contributed by atoms with Crippen molar-refractivity contribution >= 4 is 33.2 Å². The lowest BCUT2D eigenvalue weighted by molar-refractivity contribution is 0.102. The lowest BCUT2D eigenvalue weighted by Gasteiger charge is -2.11. The molecular weight excluding hydrogens is 330 g/mol. The summed E-state index contributed by atoms with van der Waals surface area (Å²) in [6.45, 7) is 3.24. The van der Waals surface area contributed by atoms with Gasteiger partial charge < -0.3 is 5.32 Å². The van der Waals surface area contributed by atoms with Crippen LogP contribution >= 0.6 is 11.8 Å². The van der Waals surface area contributed by atoms with Crippen molar-refractivity contribution in [1.29, 1.82) is 0 Å². The summed E-state index contributed by atoms with van der Waals surface area (Å²) in [6, 6.07) is 13.6. The highest BCUT2D eigenvalue weighted by Gasteiger charge is 2.20. The van der Waals surface area contributed by atoms with Gasteiger partial charge in [-0.3, -0.25) is 4.79 Å². The number of thioether (sulfide) groups is 1. The molecule has 23 heavy (non-hydrogen) atoms. The molecule has 0 saturated carbocycles. The largest absolute Gasteiger partial charge is 0.321 e. The van der Waals surface area contributed by atoms with Crippen molar-refractivity contribution in [2.24, 2.45) is 0 Å². The van der Waals surface area contributed by atoms with E-state index in [4.69, 9.17) is 0 Å². The van der Waals surface area contributed by atoms with E-state index in [1.165, 1.54) is 23.9 Å². The summed E-state index contributed by atoms with van der Waals surface area (Å²) < 4.78 is 24.5. The summed E-state index contributed by atoms with van der Waals surface area (Å²) in [4.78, 5) is 13.5. The zero-order chi connectivity index (χ0) is 17.0. The fourth-order valence-electron chi connectivity index (χ4n) is 2.03. The first kappa shape index (κ1) is 17.6. The third-order valence-corrected chi connectivity index (χ3v) is 6.35. The molecule has 0 aliphatic heterocycles. The molecule has 2 rings (SSSR count). The number of carbonyl (C=O) groups excluding carboxylic acids is 1. The van der Waals surface area contributed by atoms with Crippen LogP contribution in [0.1, 0.15) is 24.2 Å². The Hall–Kier alpha value is -1.79. The first-order valence-corrected chi connectivity index (χ1v) is 9.91. The molecule has 0 aliphatic carbocycles. The average molecular weight is 349 g/mol. The smallest absolute Gasteiger partial charge is 0.255 e. The Morgan fingerprint density at radius 2 is 1.78 bits per heavy atom. The number of hydrogen-bond donors (Lipinski definition) is 1. The first-order chi connectivity index (χ1) is 10.9. The van der Waals surface area contributed by atoms with Gasteiger partial charge in [0.1, 0.15) is 0 Å². The van der Waals surface area contributed by atoms with E-state index >= 15 is 0 Å². The monoisotopic (exact) mass is 349 g/mol. The Kier molecular flexibility index (Phi) is 5.49. The van der Waals surface area contributed by atoms with Crippen LogP contribution in [0.3, 0.4) is 0 Å². The third-order valence-electron chi connectivity index (χ3n) is 3.40. The minimum absolute atomic E-state index is 0.165. The van der Waals surface area contributed by atoms with Gasteiger partial charge in [-0.15, -0.1) is 11.8 Å². The fourth-order valence-corrected chi connectivity index (χ4v) is 3.69. The van der Waals surface area contributed by atoms with Crippen LogP contribution in [-0.4, -0.2) is 25.8 Å². The van der Waals surface area contributed by atoms with Crippen LogP contribution < -0.4 is 5.32 Å². The van der Waals surface area contributed by atoms with Crippen molar-refractivity contribution in [2.75, 3.05) is 11.6 Å². The molecule has 0 aliphatic rings. The number of nitrogens with one attached hydrogen (secondary N) is 1. The number of hydrogen-bond acceptors (Lipinski definition) is 4. The minimum Gasteiger partial charge on any atom is -0.321 e. The summed E-state index contributed by atoms with van der Waals surface area (Å²) in [7, 11) is -3.40. The maximum Gasteiger partial charge on any atom is 0.255 e. The zero-order valence-electron chi connectivity index (χ0n) is 13.2. The van der Waals surface area contributed by atoms with Crippen molar-refractivity contribution in [3.8, 4) is 0 Å². The van der Waals surface area contributed by atoms with Gasteiger partial charge in [-0.05, 0) is 50.4 Å². The summed E-state index contributed by atoms with van der Waals surface area (Å²) in [5, 5.41) is 2.30. The molecule has 0 saturated heterocycles. The number of para-hydroxylation sites is 1. The van der Waals surface area contributed by atoms with Crippen LogP contribution in [0, 0.1) is 0 Å². The molecular formula is C17H19NO3S2. The van der Waals surface area contributed by atoms with Gasteiger partial charge in [0.15, 0.2) is 9.84 Å². The molecule has 1 N–H and O–H groups in total. The number of anilines is 1. The molecule has 0 bridgehead atoms. The molecule has 0 atom stereocenters. The van der Waals surface area contributed by atoms with Crippen molar-refractivity contribution in [3.05, 3.63) is 54.1 Å². The number of sulfone groups is 1. The van der Waals surface area contributed by atoms with E-state index in [2.05, 4.69) is 5.32 Å². The predicted octanol–water partition coefficient (Wildman–Crippen LogP) is 3.84. The van der Waals surface area contributed by atoms with Crippen molar-refractivity contribution in [1.82, 2.24) is 0 Å². The summed E-state index contributed by atoms with van der Waals surface area (Å²) in [5.74, 6) is -0.327.